The van der Waals surface area contributed by atoms with Gasteiger partial charge in [0.25, 0.3) is 0 Å². The predicted molar refractivity (Wildman–Crippen MR) is 77.1 cm³/mol. The molecule has 3 fully saturated rings. The molecule has 3 aliphatic heterocycles. The highest BCUT2D eigenvalue weighted by molar-refractivity contribution is 5.88. The Kier molecular flexibility index (Phi) is 3.90. The van der Waals surface area contributed by atoms with Crippen molar-refractivity contribution in [3.63, 3.8) is 0 Å². The minimum absolute atomic E-state index is 0.308. The van der Waals surface area contributed by atoms with Crippen LogP contribution >= 0.6 is 0 Å². The summed E-state index contributed by atoms with van der Waals surface area (Å²) >= 11 is 0. The first-order valence-electron chi connectivity index (χ1n) is 7.62. The van der Waals surface area contributed by atoms with Crippen molar-refractivity contribution in [3.8, 4) is 18.2 Å². The van der Waals surface area contributed by atoms with Gasteiger partial charge in [-0.25, -0.2) is 0 Å². The molecule has 0 aliphatic carbocycles. The molecule has 3 rings (SSSR count). The molecule has 0 aromatic rings. The zero-order chi connectivity index (χ0) is 16.6. The zero-order valence-electron chi connectivity index (χ0n) is 13.1. The van der Waals surface area contributed by atoms with Crippen molar-refractivity contribution < 1.29 is 9.47 Å². The SMILES string of the molecule is CCCC1C2(C)OC(=N)C(C#N)(C(CCC)O2)C1(C#N)C#N. The molecule has 0 aromatic heterocycles. The fourth-order valence-electron chi connectivity index (χ4n) is 3.95. The molecule has 0 radical (unpaired) electrons. The van der Waals surface area contributed by atoms with Crippen molar-refractivity contribution in [2.45, 2.75) is 58.3 Å². The van der Waals surface area contributed by atoms with Crippen LogP contribution in [0.5, 0.6) is 0 Å². The molecule has 0 saturated carbocycles. The molecule has 116 valence electrons. The van der Waals surface area contributed by atoms with Gasteiger partial charge < -0.3 is 9.47 Å². The van der Waals surface area contributed by atoms with E-state index in [0.29, 0.717) is 12.8 Å². The lowest BCUT2D eigenvalue weighted by atomic mass is 9.50. The first-order valence-corrected chi connectivity index (χ1v) is 7.62. The average molecular weight is 300 g/mol. The van der Waals surface area contributed by atoms with Gasteiger partial charge in [-0.3, -0.25) is 5.41 Å². The van der Waals surface area contributed by atoms with Crippen LogP contribution in [0.4, 0.5) is 0 Å². The Labute approximate surface area is 130 Å². The molecule has 6 nitrogen and oxygen atoms in total. The van der Waals surface area contributed by atoms with Gasteiger partial charge in [0.1, 0.15) is 0 Å². The number of rotatable bonds is 4. The molecule has 22 heavy (non-hydrogen) atoms. The maximum Gasteiger partial charge on any atom is 0.215 e. The Hall–Kier alpha value is -2.10. The van der Waals surface area contributed by atoms with Crippen molar-refractivity contribution in [1.29, 1.82) is 21.2 Å². The van der Waals surface area contributed by atoms with E-state index >= 15 is 0 Å². The number of nitrogens with zero attached hydrogens (tertiary/aromatic N) is 3. The van der Waals surface area contributed by atoms with E-state index in [-0.39, 0.29) is 5.90 Å². The second kappa shape index (κ2) is 5.27. The monoisotopic (exact) mass is 300 g/mol. The second-order valence-electron chi connectivity index (χ2n) is 6.14. The number of hydrogen-bond acceptors (Lipinski definition) is 6. The normalized spacial score (nSPS) is 38.5. The van der Waals surface area contributed by atoms with Crippen LogP contribution in [0.1, 0.15) is 46.5 Å². The van der Waals surface area contributed by atoms with Crippen molar-refractivity contribution >= 4 is 5.90 Å². The van der Waals surface area contributed by atoms with Crippen molar-refractivity contribution in [1.82, 2.24) is 0 Å². The Balaban J connectivity index is 2.75. The topological polar surface area (TPSA) is 114 Å². The summed E-state index contributed by atoms with van der Waals surface area (Å²) in [6.07, 6.45) is 1.79. The first-order chi connectivity index (χ1) is 10.4. The van der Waals surface area contributed by atoms with Crippen LogP contribution in [0.15, 0.2) is 0 Å². The third-order valence-corrected chi connectivity index (χ3v) is 4.96. The van der Waals surface area contributed by atoms with E-state index in [4.69, 9.17) is 14.9 Å². The molecule has 2 bridgehead atoms. The number of nitriles is 3. The summed E-state index contributed by atoms with van der Waals surface area (Å²) in [7, 11) is 0. The molecule has 1 N–H and O–H groups in total. The van der Waals surface area contributed by atoms with Gasteiger partial charge in [-0.15, -0.1) is 0 Å². The number of nitrogens with one attached hydrogen (secondary N) is 1. The van der Waals surface area contributed by atoms with Gasteiger partial charge in [-0.05, 0) is 12.8 Å². The highest BCUT2D eigenvalue weighted by atomic mass is 16.7. The maximum atomic E-state index is 9.85. The lowest BCUT2D eigenvalue weighted by Crippen LogP contribution is -2.74. The molecular weight excluding hydrogens is 280 g/mol. The molecule has 6 heteroatoms. The van der Waals surface area contributed by atoms with Crippen LogP contribution in [-0.2, 0) is 9.47 Å². The Morgan fingerprint density at radius 2 is 1.68 bits per heavy atom. The highest BCUT2D eigenvalue weighted by Gasteiger charge is 2.78. The van der Waals surface area contributed by atoms with E-state index in [1.54, 1.807) is 6.92 Å². The summed E-state index contributed by atoms with van der Waals surface area (Å²) in [5, 5.41) is 37.8. The van der Waals surface area contributed by atoms with Crippen LogP contribution < -0.4 is 0 Å². The van der Waals surface area contributed by atoms with Crippen LogP contribution in [0.3, 0.4) is 0 Å². The lowest BCUT2D eigenvalue weighted by molar-refractivity contribution is -0.340. The summed E-state index contributed by atoms with van der Waals surface area (Å²) in [4.78, 5) is 0. The van der Waals surface area contributed by atoms with Crippen molar-refractivity contribution in [3.05, 3.63) is 0 Å². The van der Waals surface area contributed by atoms with Gasteiger partial charge in [0.2, 0.25) is 11.7 Å². The number of fused-ring (bicyclic) bond motifs is 3. The standard InChI is InChI=1S/C16H20N4O2/c1-4-6-11-14(3)21-12(7-5-2)16(10-19,13(20)22-14)15(11,8-17)9-18/h11-12,20H,4-7H2,1-3H3. The fourth-order valence-corrected chi connectivity index (χ4v) is 3.95. The van der Waals surface area contributed by atoms with Crippen LogP contribution in [0.25, 0.3) is 0 Å². The molecule has 4 unspecified atom stereocenters. The number of ether oxygens (including phenoxy) is 2. The zero-order valence-corrected chi connectivity index (χ0v) is 13.1. The fraction of sp³-hybridized carbons (Fsp3) is 0.750. The van der Waals surface area contributed by atoms with Crippen molar-refractivity contribution in [2.75, 3.05) is 0 Å². The minimum atomic E-state index is -1.66. The van der Waals surface area contributed by atoms with Gasteiger partial charge in [0.15, 0.2) is 10.8 Å². The smallest absolute Gasteiger partial charge is 0.215 e. The largest absolute Gasteiger partial charge is 0.448 e. The molecule has 4 atom stereocenters. The summed E-state index contributed by atoms with van der Waals surface area (Å²) in [5.41, 5.74) is -3.29. The third-order valence-electron chi connectivity index (χ3n) is 4.96. The van der Waals surface area contributed by atoms with Gasteiger partial charge in [0.05, 0.1) is 30.2 Å². The predicted octanol–water partition coefficient (Wildman–Crippen LogP) is 2.87. The molecule has 3 aliphatic rings. The summed E-state index contributed by atoms with van der Waals surface area (Å²) in [5.74, 6) is -2.09. The molecule has 0 spiro atoms. The summed E-state index contributed by atoms with van der Waals surface area (Å²) < 4.78 is 11.6. The average Bonchev–Trinajstić information content (AvgIpc) is 2.49. The second-order valence-corrected chi connectivity index (χ2v) is 6.14. The van der Waals surface area contributed by atoms with Gasteiger partial charge in [0, 0.05) is 6.92 Å². The van der Waals surface area contributed by atoms with Crippen LogP contribution in [0, 0.1) is 56.2 Å². The maximum absolute atomic E-state index is 9.85. The number of hydrogen-bond donors (Lipinski definition) is 1. The lowest BCUT2D eigenvalue weighted by Gasteiger charge is -2.61. The van der Waals surface area contributed by atoms with E-state index in [9.17, 15) is 15.8 Å². The van der Waals surface area contributed by atoms with Crippen LogP contribution in [0.2, 0.25) is 0 Å². The molecule has 0 aromatic carbocycles. The summed E-state index contributed by atoms with van der Waals surface area (Å²) in [6, 6.07) is 6.24. The van der Waals surface area contributed by atoms with Crippen LogP contribution in [-0.4, -0.2) is 17.8 Å². The van der Waals surface area contributed by atoms with E-state index in [0.717, 1.165) is 12.8 Å². The van der Waals surface area contributed by atoms with Gasteiger partial charge >= 0.3 is 0 Å². The Bertz CT molecular complexity index is 597. The van der Waals surface area contributed by atoms with E-state index in [2.05, 4.69) is 18.2 Å². The van der Waals surface area contributed by atoms with E-state index in [1.165, 1.54) is 0 Å². The quantitative estimate of drug-likeness (QED) is 0.857. The molecule has 3 saturated heterocycles. The highest BCUT2D eigenvalue weighted by Crippen LogP contribution is 2.63. The molecule has 3 heterocycles. The van der Waals surface area contributed by atoms with Gasteiger partial charge in [-0.1, -0.05) is 26.7 Å². The van der Waals surface area contributed by atoms with E-state index < -0.39 is 28.6 Å². The first kappa shape index (κ1) is 16.3. The van der Waals surface area contributed by atoms with E-state index in [1.807, 2.05) is 13.8 Å². The Morgan fingerprint density at radius 1 is 1.09 bits per heavy atom. The molecule has 0 amide bonds. The Morgan fingerprint density at radius 3 is 2.14 bits per heavy atom. The minimum Gasteiger partial charge on any atom is -0.448 e. The van der Waals surface area contributed by atoms with Gasteiger partial charge in [-0.2, -0.15) is 15.8 Å². The third kappa shape index (κ3) is 1.64. The summed E-state index contributed by atoms with van der Waals surface area (Å²) in [6.45, 7) is 5.56. The van der Waals surface area contributed by atoms with Crippen molar-refractivity contribution in [2.24, 2.45) is 16.7 Å². The molecular formula is C16H20N4O2.